The highest BCUT2D eigenvalue weighted by atomic mass is 19.4. The summed E-state index contributed by atoms with van der Waals surface area (Å²) < 4.78 is 52.1. The molecule has 0 aliphatic rings. The van der Waals surface area contributed by atoms with E-state index < -0.39 is 18.3 Å². The van der Waals surface area contributed by atoms with E-state index in [1.165, 1.54) is 24.1 Å². The van der Waals surface area contributed by atoms with Crippen molar-refractivity contribution >= 4 is 34.1 Å². The molecule has 10 nitrogen and oxygen atoms in total. The predicted octanol–water partition coefficient (Wildman–Crippen LogP) is 4.51. The summed E-state index contributed by atoms with van der Waals surface area (Å²) in [4.78, 5) is 29.0. The van der Waals surface area contributed by atoms with E-state index in [0.717, 1.165) is 10.9 Å². The maximum absolute atomic E-state index is 14.0. The van der Waals surface area contributed by atoms with Crippen molar-refractivity contribution in [2.45, 2.75) is 6.18 Å². The van der Waals surface area contributed by atoms with Crippen LogP contribution < -0.4 is 15.0 Å². The summed E-state index contributed by atoms with van der Waals surface area (Å²) >= 11 is 0. The minimum atomic E-state index is -4.59. The van der Waals surface area contributed by atoms with Crippen LogP contribution in [0.4, 0.5) is 18.9 Å². The number of hydrogen-bond donors (Lipinski definition) is 0. The fraction of sp³-hybridized carbons (Fsp3) is 0.222. The fourth-order valence-corrected chi connectivity index (χ4v) is 4.08. The highest BCUT2D eigenvalue weighted by Gasteiger charge is 2.29. The van der Waals surface area contributed by atoms with Gasteiger partial charge in [0, 0.05) is 44.4 Å². The molecule has 5 rings (SSSR count). The van der Waals surface area contributed by atoms with Gasteiger partial charge in [0.05, 0.1) is 30.3 Å². The van der Waals surface area contributed by atoms with E-state index in [2.05, 4.69) is 20.1 Å². The summed E-state index contributed by atoms with van der Waals surface area (Å²) in [5, 5.41) is 5.18. The van der Waals surface area contributed by atoms with Gasteiger partial charge in [-0.2, -0.15) is 23.3 Å². The number of pyridine rings is 1. The lowest BCUT2D eigenvalue weighted by molar-refractivity contribution is -0.154. The van der Waals surface area contributed by atoms with E-state index in [1.54, 1.807) is 73.2 Å². The Hall–Kier alpha value is -4.94. The third-order valence-electron chi connectivity index (χ3n) is 5.81. The van der Waals surface area contributed by atoms with Crippen LogP contribution in [0.15, 0.2) is 64.5 Å². The number of aromatic nitrogens is 5. The van der Waals surface area contributed by atoms with E-state index in [4.69, 9.17) is 9.47 Å². The van der Waals surface area contributed by atoms with Crippen molar-refractivity contribution in [3.8, 4) is 28.6 Å². The first-order chi connectivity index (χ1) is 19.0. The smallest absolute Gasteiger partial charge is 0.422 e. The SMILES string of the molecule is COc1ccc(-n2c(=O)c(-c3ccc4nn(C)cc4c3)nc3c(N=CN(C)C)cc(OCC(F)(F)F)nc32)cc1. The molecule has 0 aliphatic carbocycles. The standard InChI is InChI=1S/C27H24F3N7O3/c1-35(2)15-31-21-12-22(40-14-27(28,29)30)32-25-24(21)33-23(16-5-10-20-17(11-16)13-36(3)34-20)26(38)37(25)18-6-8-19(39-4)9-7-18/h5-13,15H,14H2,1-4H3. The zero-order chi connectivity index (χ0) is 28.6. The van der Waals surface area contributed by atoms with Gasteiger partial charge >= 0.3 is 6.18 Å². The van der Waals surface area contributed by atoms with Crippen molar-refractivity contribution in [3.63, 3.8) is 0 Å². The van der Waals surface area contributed by atoms with Crippen LogP contribution in [0.25, 0.3) is 39.0 Å². The summed E-state index contributed by atoms with van der Waals surface area (Å²) in [7, 11) is 6.78. The number of nitrogens with zero attached hydrogens (tertiary/aromatic N) is 7. The molecule has 0 atom stereocenters. The van der Waals surface area contributed by atoms with Gasteiger partial charge in [-0.15, -0.1) is 0 Å². The zero-order valence-electron chi connectivity index (χ0n) is 22.0. The number of ether oxygens (including phenoxy) is 2. The number of aliphatic imine (C=N–C) groups is 1. The summed E-state index contributed by atoms with van der Waals surface area (Å²) in [6.45, 7) is -1.56. The second-order valence-electron chi connectivity index (χ2n) is 9.14. The van der Waals surface area contributed by atoms with Crippen LogP contribution in [0.1, 0.15) is 0 Å². The largest absolute Gasteiger partial charge is 0.497 e. The van der Waals surface area contributed by atoms with Crippen molar-refractivity contribution in [1.82, 2.24) is 29.2 Å². The Morgan fingerprint density at radius 1 is 1.07 bits per heavy atom. The lowest BCUT2D eigenvalue weighted by Crippen LogP contribution is -2.24. The van der Waals surface area contributed by atoms with Gasteiger partial charge in [-0.05, 0) is 36.4 Å². The van der Waals surface area contributed by atoms with Crippen LogP contribution in [0, 0.1) is 0 Å². The first kappa shape index (κ1) is 26.7. The molecule has 0 N–H and O–H groups in total. The van der Waals surface area contributed by atoms with E-state index in [-0.39, 0.29) is 28.4 Å². The minimum absolute atomic E-state index is 0.0213. The van der Waals surface area contributed by atoms with Crippen LogP contribution >= 0.6 is 0 Å². The van der Waals surface area contributed by atoms with Crippen molar-refractivity contribution < 1.29 is 22.6 Å². The van der Waals surface area contributed by atoms with Gasteiger partial charge in [0.2, 0.25) is 5.88 Å². The lowest BCUT2D eigenvalue weighted by Gasteiger charge is -2.16. The molecule has 3 aromatic heterocycles. The van der Waals surface area contributed by atoms with Crippen LogP contribution in [0.2, 0.25) is 0 Å². The van der Waals surface area contributed by atoms with Gasteiger partial charge < -0.3 is 14.4 Å². The number of hydrogen-bond acceptors (Lipinski definition) is 7. The van der Waals surface area contributed by atoms with Crippen LogP contribution in [0.3, 0.4) is 0 Å². The third-order valence-corrected chi connectivity index (χ3v) is 5.81. The van der Waals surface area contributed by atoms with Crippen LogP contribution in [-0.2, 0) is 7.05 Å². The molecular weight excluding hydrogens is 527 g/mol. The Bertz CT molecular complexity index is 1790. The van der Waals surface area contributed by atoms with Gasteiger partial charge in [-0.3, -0.25) is 14.0 Å². The molecule has 0 bridgehead atoms. The van der Waals surface area contributed by atoms with Gasteiger partial charge in [0.25, 0.3) is 5.56 Å². The fourth-order valence-electron chi connectivity index (χ4n) is 4.08. The molecule has 5 aromatic rings. The molecule has 0 unspecified atom stereocenters. The quantitative estimate of drug-likeness (QED) is 0.217. The second kappa shape index (κ2) is 10.3. The Balaban J connectivity index is 1.83. The first-order valence-electron chi connectivity index (χ1n) is 12.0. The molecule has 206 valence electrons. The van der Waals surface area contributed by atoms with Gasteiger partial charge in [-0.25, -0.2) is 9.98 Å². The molecule has 0 amide bonds. The minimum Gasteiger partial charge on any atom is -0.497 e. The van der Waals surface area contributed by atoms with E-state index >= 15 is 0 Å². The number of fused-ring (bicyclic) bond motifs is 2. The van der Waals surface area contributed by atoms with E-state index in [9.17, 15) is 18.0 Å². The number of alkyl halides is 3. The van der Waals surface area contributed by atoms with Crippen molar-refractivity contribution in [2.24, 2.45) is 12.0 Å². The number of aryl methyl sites for hydroxylation is 1. The molecule has 0 saturated heterocycles. The van der Waals surface area contributed by atoms with Crippen molar-refractivity contribution in [3.05, 3.63) is 65.1 Å². The molecule has 40 heavy (non-hydrogen) atoms. The average molecular weight is 552 g/mol. The van der Waals surface area contributed by atoms with Crippen LogP contribution in [-0.4, -0.2) is 69.5 Å². The van der Waals surface area contributed by atoms with Crippen LogP contribution in [0.5, 0.6) is 11.6 Å². The van der Waals surface area contributed by atoms with Gasteiger partial charge in [-0.1, -0.05) is 6.07 Å². The van der Waals surface area contributed by atoms with E-state index in [0.29, 0.717) is 17.0 Å². The monoisotopic (exact) mass is 551 g/mol. The number of rotatable bonds is 7. The van der Waals surface area contributed by atoms with Gasteiger partial charge in [0.15, 0.2) is 12.3 Å². The number of methoxy groups -OCH3 is 1. The summed E-state index contributed by atoms with van der Waals surface area (Å²) in [6, 6.07) is 13.2. The highest BCUT2D eigenvalue weighted by molar-refractivity contribution is 5.90. The lowest BCUT2D eigenvalue weighted by atomic mass is 10.1. The predicted molar refractivity (Wildman–Crippen MR) is 145 cm³/mol. The molecule has 0 saturated carbocycles. The molecule has 0 radical (unpaired) electrons. The van der Waals surface area contributed by atoms with Crippen molar-refractivity contribution in [1.29, 1.82) is 0 Å². The molecular formula is C27H24F3N7O3. The number of benzene rings is 2. The normalized spacial score (nSPS) is 12.0. The van der Waals surface area contributed by atoms with E-state index in [1.807, 2.05) is 6.20 Å². The number of halogens is 3. The molecule has 13 heteroatoms. The first-order valence-corrected chi connectivity index (χ1v) is 12.0. The summed E-state index contributed by atoms with van der Waals surface area (Å²) in [6.07, 6.45) is -1.30. The zero-order valence-corrected chi connectivity index (χ0v) is 22.0. The highest BCUT2D eigenvalue weighted by Crippen LogP contribution is 2.31. The maximum atomic E-state index is 14.0. The Morgan fingerprint density at radius 3 is 2.50 bits per heavy atom. The average Bonchev–Trinajstić information content (AvgIpc) is 3.29. The molecule has 3 heterocycles. The van der Waals surface area contributed by atoms with Crippen molar-refractivity contribution in [2.75, 3.05) is 27.8 Å². The third kappa shape index (κ3) is 5.44. The summed E-state index contributed by atoms with van der Waals surface area (Å²) in [5.74, 6) is 0.194. The molecule has 0 aliphatic heterocycles. The second-order valence-corrected chi connectivity index (χ2v) is 9.14. The summed E-state index contributed by atoms with van der Waals surface area (Å²) in [5.41, 5.74) is 1.56. The molecule has 2 aromatic carbocycles. The van der Waals surface area contributed by atoms with Gasteiger partial charge in [0.1, 0.15) is 17.0 Å². The maximum Gasteiger partial charge on any atom is 0.422 e. The molecule has 0 spiro atoms. The Labute approximate surface area is 225 Å². The topological polar surface area (TPSA) is 99.7 Å². The Morgan fingerprint density at radius 2 is 1.82 bits per heavy atom. The Kier molecular flexibility index (Phi) is 6.88. The molecule has 0 fully saturated rings.